The quantitative estimate of drug-likeness (QED) is 0.773. The first-order valence-corrected chi connectivity index (χ1v) is 7.69. The van der Waals surface area contributed by atoms with Crippen LogP contribution in [-0.4, -0.2) is 76.6 Å². The van der Waals surface area contributed by atoms with Gasteiger partial charge in [0.15, 0.2) is 0 Å². The van der Waals surface area contributed by atoms with Crippen LogP contribution in [0.3, 0.4) is 0 Å². The molecule has 6 nitrogen and oxygen atoms in total. The van der Waals surface area contributed by atoms with E-state index in [2.05, 4.69) is 4.90 Å². The molecule has 0 saturated carbocycles. The second-order valence-corrected chi connectivity index (χ2v) is 6.10. The Morgan fingerprint density at radius 3 is 2.60 bits per heavy atom. The van der Waals surface area contributed by atoms with Crippen molar-refractivity contribution in [3.05, 3.63) is 0 Å². The van der Waals surface area contributed by atoms with Crippen molar-refractivity contribution in [2.24, 2.45) is 0 Å². The van der Waals surface area contributed by atoms with Gasteiger partial charge < -0.3 is 14.9 Å². The van der Waals surface area contributed by atoms with Crippen LogP contribution in [0, 0.1) is 0 Å². The van der Waals surface area contributed by atoms with E-state index in [-0.39, 0.29) is 6.03 Å². The SMILES string of the molecule is O=C(O)[C@@H]1CCCN1C(=O)N1CCN2CCCCC2C1. The summed E-state index contributed by atoms with van der Waals surface area (Å²) in [6.45, 7) is 4.16. The van der Waals surface area contributed by atoms with Gasteiger partial charge in [0, 0.05) is 32.2 Å². The molecule has 3 aliphatic rings. The van der Waals surface area contributed by atoms with E-state index >= 15 is 0 Å². The molecule has 112 valence electrons. The number of amides is 2. The maximum absolute atomic E-state index is 12.6. The lowest BCUT2D eigenvalue weighted by Crippen LogP contribution is -2.59. The Labute approximate surface area is 119 Å². The van der Waals surface area contributed by atoms with E-state index in [9.17, 15) is 14.7 Å². The summed E-state index contributed by atoms with van der Waals surface area (Å²) in [6.07, 6.45) is 5.05. The van der Waals surface area contributed by atoms with E-state index in [4.69, 9.17) is 0 Å². The molecule has 0 aromatic heterocycles. The molecule has 6 heteroatoms. The zero-order chi connectivity index (χ0) is 14.1. The molecular weight excluding hydrogens is 258 g/mol. The Morgan fingerprint density at radius 2 is 1.80 bits per heavy atom. The maximum atomic E-state index is 12.6. The van der Waals surface area contributed by atoms with Crippen molar-refractivity contribution in [2.45, 2.75) is 44.2 Å². The number of piperazine rings is 1. The lowest BCUT2D eigenvalue weighted by molar-refractivity contribution is -0.141. The summed E-state index contributed by atoms with van der Waals surface area (Å²) >= 11 is 0. The van der Waals surface area contributed by atoms with Crippen LogP contribution in [0.25, 0.3) is 0 Å². The highest BCUT2D eigenvalue weighted by atomic mass is 16.4. The average molecular weight is 281 g/mol. The van der Waals surface area contributed by atoms with Crippen LogP contribution in [-0.2, 0) is 4.79 Å². The number of fused-ring (bicyclic) bond motifs is 1. The molecule has 0 bridgehead atoms. The van der Waals surface area contributed by atoms with Crippen LogP contribution in [0.2, 0.25) is 0 Å². The van der Waals surface area contributed by atoms with Crippen molar-refractivity contribution in [2.75, 3.05) is 32.7 Å². The summed E-state index contributed by atoms with van der Waals surface area (Å²) < 4.78 is 0. The van der Waals surface area contributed by atoms with Gasteiger partial charge in [-0.05, 0) is 32.2 Å². The van der Waals surface area contributed by atoms with E-state index in [1.807, 2.05) is 4.90 Å². The molecule has 1 N–H and O–H groups in total. The molecule has 3 fully saturated rings. The molecule has 0 aromatic rings. The Bertz CT molecular complexity index is 401. The van der Waals surface area contributed by atoms with Crippen LogP contribution >= 0.6 is 0 Å². The minimum absolute atomic E-state index is 0.0693. The molecule has 20 heavy (non-hydrogen) atoms. The van der Waals surface area contributed by atoms with Gasteiger partial charge in [0.2, 0.25) is 0 Å². The maximum Gasteiger partial charge on any atom is 0.326 e. The van der Waals surface area contributed by atoms with Gasteiger partial charge in [-0.3, -0.25) is 4.90 Å². The molecule has 2 atom stereocenters. The van der Waals surface area contributed by atoms with Gasteiger partial charge in [0.05, 0.1) is 0 Å². The Morgan fingerprint density at radius 1 is 0.950 bits per heavy atom. The lowest BCUT2D eigenvalue weighted by Gasteiger charge is -2.45. The minimum Gasteiger partial charge on any atom is -0.480 e. The standard InChI is InChI=1S/C14H23N3O3/c18-13(19)12-5-3-7-17(12)14(20)16-9-8-15-6-2-1-4-11(15)10-16/h11-12H,1-10H2,(H,18,19)/t11?,12-/m0/s1. The molecule has 3 saturated heterocycles. The van der Waals surface area contributed by atoms with Crippen molar-refractivity contribution < 1.29 is 14.7 Å². The zero-order valence-corrected chi connectivity index (χ0v) is 11.8. The number of hydrogen-bond donors (Lipinski definition) is 1. The summed E-state index contributed by atoms with van der Waals surface area (Å²) in [5.41, 5.74) is 0. The van der Waals surface area contributed by atoms with Gasteiger partial charge in [0.1, 0.15) is 6.04 Å². The molecule has 1 unspecified atom stereocenters. The van der Waals surface area contributed by atoms with Crippen LogP contribution in [0.4, 0.5) is 4.79 Å². The number of rotatable bonds is 1. The highest BCUT2D eigenvalue weighted by molar-refractivity contribution is 5.83. The molecule has 3 heterocycles. The van der Waals surface area contributed by atoms with Crippen LogP contribution < -0.4 is 0 Å². The van der Waals surface area contributed by atoms with Gasteiger partial charge in [-0.25, -0.2) is 9.59 Å². The summed E-state index contributed by atoms with van der Waals surface area (Å²) in [7, 11) is 0. The normalized spacial score (nSPS) is 31.2. The molecule has 3 aliphatic heterocycles. The minimum atomic E-state index is -0.868. The highest BCUT2D eigenvalue weighted by Crippen LogP contribution is 2.24. The van der Waals surface area contributed by atoms with Gasteiger partial charge >= 0.3 is 12.0 Å². The highest BCUT2D eigenvalue weighted by Gasteiger charge is 2.38. The van der Waals surface area contributed by atoms with Crippen molar-refractivity contribution in [3.63, 3.8) is 0 Å². The molecule has 3 rings (SSSR count). The summed E-state index contributed by atoms with van der Waals surface area (Å²) in [6, 6.07) is -0.209. The Kier molecular flexibility index (Phi) is 3.83. The first-order valence-electron chi connectivity index (χ1n) is 7.69. The fourth-order valence-corrected chi connectivity index (χ4v) is 3.76. The monoisotopic (exact) mass is 281 g/mol. The Hall–Kier alpha value is -1.30. The molecule has 2 amide bonds. The van der Waals surface area contributed by atoms with Crippen molar-refractivity contribution in [1.82, 2.24) is 14.7 Å². The van der Waals surface area contributed by atoms with E-state index in [0.29, 0.717) is 19.0 Å². The predicted molar refractivity (Wildman–Crippen MR) is 73.5 cm³/mol. The molecule has 0 radical (unpaired) electrons. The number of carbonyl (C=O) groups is 2. The van der Waals surface area contributed by atoms with E-state index in [1.54, 1.807) is 4.90 Å². The zero-order valence-electron chi connectivity index (χ0n) is 11.8. The van der Waals surface area contributed by atoms with Gasteiger partial charge in [-0.2, -0.15) is 0 Å². The average Bonchev–Trinajstić information content (AvgIpc) is 2.95. The van der Waals surface area contributed by atoms with Crippen LogP contribution in [0.1, 0.15) is 32.1 Å². The third kappa shape index (κ3) is 2.49. The molecule has 0 aliphatic carbocycles. The Balaban J connectivity index is 1.64. The number of urea groups is 1. The van der Waals surface area contributed by atoms with Gasteiger partial charge in [0.25, 0.3) is 0 Å². The van der Waals surface area contributed by atoms with Gasteiger partial charge in [-0.1, -0.05) is 6.42 Å². The molecule has 0 spiro atoms. The third-order valence-electron chi connectivity index (χ3n) is 4.89. The second-order valence-electron chi connectivity index (χ2n) is 6.10. The van der Waals surface area contributed by atoms with Crippen molar-refractivity contribution in [1.29, 1.82) is 0 Å². The van der Waals surface area contributed by atoms with Crippen molar-refractivity contribution >= 4 is 12.0 Å². The topological polar surface area (TPSA) is 64.1 Å². The summed E-state index contributed by atoms with van der Waals surface area (Å²) in [5, 5.41) is 9.20. The van der Waals surface area contributed by atoms with E-state index in [1.165, 1.54) is 12.8 Å². The second kappa shape index (κ2) is 5.60. The number of piperidine rings is 1. The van der Waals surface area contributed by atoms with E-state index < -0.39 is 12.0 Å². The largest absolute Gasteiger partial charge is 0.480 e. The smallest absolute Gasteiger partial charge is 0.326 e. The number of hydrogen-bond acceptors (Lipinski definition) is 3. The number of nitrogens with zero attached hydrogens (tertiary/aromatic N) is 3. The molecule has 0 aromatic carbocycles. The third-order valence-corrected chi connectivity index (χ3v) is 4.89. The van der Waals surface area contributed by atoms with Gasteiger partial charge in [-0.15, -0.1) is 0 Å². The predicted octanol–water partition coefficient (Wildman–Crippen LogP) is 0.825. The van der Waals surface area contributed by atoms with Crippen molar-refractivity contribution in [3.8, 4) is 0 Å². The molecular formula is C14H23N3O3. The van der Waals surface area contributed by atoms with E-state index in [0.717, 1.165) is 39.0 Å². The number of carboxylic acids is 1. The fourth-order valence-electron chi connectivity index (χ4n) is 3.76. The summed E-state index contributed by atoms with van der Waals surface area (Å²) in [4.78, 5) is 29.7. The van der Waals surface area contributed by atoms with Crippen LogP contribution in [0.15, 0.2) is 0 Å². The number of carbonyl (C=O) groups excluding carboxylic acids is 1. The van der Waals surface area contributed by atoms with Crippen LogP contribution in [0.5, 0.6) is 0 Å². The first-order chi connectivity index (χ1) is 9.66. The number of likely N-dealkylation sites (tertiary alicyclic amines) is 1. The first kappa shape index (κ1) is 13.7. The number of carboxylic acid groups (broad SMARTS) is 1. The summed E-state index contributed by atoms with van der Waals surface area (Å²) in [5.74, 6) is -0.868. The number of aliphatic carboxylic acids is 1. The fraction of sp³-hybridized carbons (Fsp3) is 0.857. The lowest BCUT2D eigenvalue weighted by atomic mass is 10.00.